The zero-order valence-electron chi connectivity index (χ0n) is 32.8. The van der Waals surface area contributed by atoms with Crippen LogP contribution in [0.2, 0.25) is 0 Å². The Morgan fingerprint density at radius 2 is 0.580 bits per heavy atom. The molecule has 2 heteroatoms. The minimum atomic E-state index is 0.952. The third-order valence-electron chi connectivity index (χ3n) is 19.5. The standard InChI is InChI=1S/C48H80N2/c1-3-13-33(14-4-1)35-17-11-19-39(29-35)49-45-23-9-7-21-41(45)43-31-37(25-27-47(43)49)38-26-28-48-44(32-38)42-22-8-10-24-46(42)50(48)40-20-12-18-36(30-40)34-15-5-2-6-16-34/h33-48H,1-32H2. The first kappa shape index (κ1) is 34.4. The van der Waals surface area contributed by atoms with E-state index in [1.54, 1.807) is 154 Å². The first-order valence-corrected chi connectivity index (χ1v) is 24.3. The third kappa shape index (κ3) is 6.45. The fraction of sp³-hybridized carbons (Fsp3) is 1.00. The van der Waals surface area contributed by atoms with E-state index in [2.05, 4.69) is 9.80 Å². The molecule has 50 heavy (non-hydrogen) atoms. The van der Waals surface area contributed by atoms with Crippen molar-refractivity contribution >= 4 is 0 Å². The monoisotopic (exact) mass is 685 g/mol. The molecule has 0 amide bonds. The molecule has 2 saturated heterocycles. The van der Waals surface area contributed by atoms with E-state index in [-0.39, 0.29) is 0 Å². The largest absolute Gasteiger partial charge is 0.294 e. The highest BCUT2D eigenvalue weighted by Gasteiger charge is 2.57. The maximum atomic E-state index is 3.35. The predicted molar refractivity (Wildman–Crippen MR) is 209 cm³/mol. The van der Waals surface area contributed by atoms with Gasteiger partial charge in [-0.1, -0.05) is 116 Å². The molecular weight excluding hydrogens is 605 g/mol. The number of likely N-dealkylation sites (tertiary alicyclic amines) is 2. The van der Waals surface area contributed by atoms with Crippen LogP contribution in [0.4, 0.5) is 0 Å². The van der Waals surface area contributed by atoms with Crippen LogP contribution in [0.15, 0.2) is 0 Å². The fourth-order valence-corrected chi connectivity index (χ4v) is 17.6. The van der Waals surface area contributed by atoms with Crippen LogP contribution in [0.25, 0.3) is 0 Å². The van der Waals surface area contributed by atoms with Crippen LogP contribution in [0.3, 0.4) is 0 Å². The van der Waals surface area contributed by atoms with E-state index in [0.717, 1.165) is 95.4 Å². The molecule has 0 aromatic carbocycles. The van der Waals surface area contributed by atoms with Gasteiger partial charge in [-0.2, -0.15) is 0 Å². The van der Waals surface area contributed by atoms with Crippen molar-refractivity contribution in [2.45, 2.75) is 242 Å². The topological polar surface area (TPSA) is 6.48 Å². The van der Waals surface area contributed by atoms with Crippen LogP contribution in [0.5, 0.6) is 0 Å². The smallest absolute Gasteiger partial charge is 0.0133 e. The van der Waals surface area contributed by atoms with Gasteiger partial charge in [0, 0.05) is 36.3 Å². The summed E-state index contributed by atoms with van der Waals surface area (Å²) in [4.78, 5) is 6.70. The van der Waals surface area contributed by atoms with E-state index >= 15 is 0 Å². The molecule has 10 fully saturated rings. The zero-order valence-corrected chi connectivity index (χ0v) is 32.8. The Morgan fingerprint density at radius 1 is 0.220 bits per heavy atom. The average molecular weight is 685 g/mol. The quantitative estimate of drug-likeness (QED) is 0.284. The lowest BCUT2D eigenvalue weighted by atomic mass is 9.62. The molecule has 0 spiro atoms. The van der Waals surface area contributed by atoms with E-state index in [9.17, 15) is 0 Å². The van der Waals surface area contributed by atoms with Gasteiger partial charge < -0.3 is 0 Å². The molecule has 0 aromatic heterocycles. The second kappa shape index (κ2) is 15.2. The van der Waals surface area contributed by atoms with Gasteiger partial charge >= 0.3 is 0 Å². The molecule has 282 valence electrons. The van der Waals surface area contributed by atoms with E-state index < -0.39 is 0 Å². The number of hydrogen-bond donors (Lipinski definition) is 0. The normalized spacial score (nSPS) is 49.9. The van der Waals surface area contributed by atoms with E-state index in [4.69, 9.17) is 0 Å². The summed E-state index contributed by atoms with van der Waals surface area (Å²) in [5.41, 5.74) is 0. The van der Waals surface area contributed by atoms with Crippen molar-refractivity contribution in [3.63, 3.8) is 0 Å². The third-order valence-corrected chi connectivity index (χ3v) is 19.5. The Morgan fingerprint density at radius 3 is 1.04 bits per heavy atom. The van der Waals surface area contributed by atoms with Gasteiger partial charge in [0.15, 0.2) is 0 Å². The highest BCUT2D eigenvalue weighted by Crippen LogP contribution is 2.58. The summed E-state index contributed by atoms with van der Waals surface area (Å²) in [6, 6.07) is 5.80. The lowest BCUT2D eigenvalue weighted by Crippen LogP contribution is -2.50. The van der Waals surface area contributed by atoms with Crippen LogP contribution in [-0.4, -0.2) is 46.1 Å². The fourth-order valence-electron chi connectivity index (χ4n) is 17.6. The highest BCUT2D eigenvalue weighted by molar-refractivity contribution is 5.10. The van der Waals surface area contributed by atoms with E-state index in [0.29, 0.717) is 0 Å². The molecule has 0 radical (unpaired) electrons. The van der Waals surface area contributed by atoms with Crippen LogP contribution < -0.4 is 0 Å². The molecule has 0 N–H and O–H groups in total. The van der Waals surface area contributed by atoms with Gasteiger partial charge in [-0.15, -0.1) is 0 Å². The van der Waals surface area contributed by atoms with Crippen molar-refractivity contribution in [3.8, 4) is 0 Å². The zero-order chi connectivity index (χ0) is 33.0. The molecule has 10 aliphatic rings. The number of nitrogens with zero attached hydrogens (tertiary/aromatic N) is 2. The molecule has 0 bridgehead atoms. The van der Waals surface area contributed by atoms with Crippen LogP contribution >= 0.6 is 0 Å². The Kier molecular flexibility index (Phi) is 10.5. The predicted octanol–water partition coefficient (Wildman–Crippen LogP) is 12.6. The molecule has 8 saturated carbocycles. The van der Waals surface area contributed by atoms with Gasteiger partial charge in [0.05, 0.1) is 0 Å². The Balaban J connectivity index is 0.821. The second-order valence-corrected chi connectivity index (χ2v) is 21.5. The summed E-state index contributed by atoms with van der Waals surface area (Å²) in [6.45, 7) is 0. The van der Waals surface area contributed by atoms with Gasteiger partial charge in [-0.05, 0) is 149 Å². The van der Waals surface area contributed by atoms with Crippen LogP contribution in [-0.2, 0) is 0 Å². The molecule has 2 nitrogen and oxygen atoms in total. The molecule has 14 unspecified atom stereocenters. The number of rotatable bonds is 5. The van der Waals surface area contributed by atoms with Crippen molar-refractivity contribution in [2.24, 2.45) is 59.2 Å². The Bertz CT molecular complexity index is 1020. The van der Waals surface area contributed by atoms with Gasteiger partial charge in [-0.3, -0.25) is 9.80 Å². The molecule has 2 heterocycles. The first-order chi connectivity index (χ1) is 24.8. The molecule has 0 aromatic rings. The minimum absolute atomic E-state index is 0.952. The summed E-state index contributed by atoms with van der Waals surface area (Å²) in [5.74, 6) is 10.7. The van der Waals surface area contributed by atoms with Crippen molar-refractivity contribution in [1.82, 2.24) is 9.80 Å². The lowest BCUT2D eigenvalue weighted by molar-refractivity contribution is 0.0148. The number of hydrogen-bond acceptors (Lipinski definition) is 2. The second-order valence-electron chi connectivity index (χ2n) is 21.5. The lowest BCUT2D eigenvalue weighted by Gasteiger charge is -2.48. The highest BCUT2D eigenvalue weighted by atomic mass is 15.3. The average Bonchev–Trinajstić information content (AvgIpc) is 3.71. The molecule has 8 aliphatic carbocycles. The Labute approximate surface area is 309 Å². The van der Waals surface area contributed by atoms with Crippen molar-refractivity contribution in [3.05, 3.63) is 0 Å². The maximum absolute atomic E-state index is 3.35. The minimum Gasteiger partial charge on any atom is -0.294 e. The molecule has 10 rings (SSSR count). The first-order valence-electron chi connectivity index (χ1n) is 24.3. The van der Waals surface area contributed by atoms with Crippen molar-refractivity contribution < 1.29 is 0 Å². The Hall–Kier alpha value is -0.0800. The summed E-state index contributed by atoms with van der Waals surface area (Å²) in [5, 5.41) is 0. The van der Waals surface area contributed by atoms with Crippen LogP contribution in [0, 0.1) is 59.2 Å². The maximum Gasteiger partial charge on any atom is 0.0133 e. The van der Waals surface area contributed by atoms with E-state index in [1.807, 2.05) is 0 Å². The molecule has 14 atom stereocenters. The van der Waals surface area contributed by atoms with Crippen LogP contribution in [0.1, 0.15) is 205 Å². The van der Waals surface area contributed by atoms with Crippen molar-refractivity contribution in [1.29, 1.82) is 0 Å². The summed E-state index contributed by atoms with van der Waals surface area (Å²) < 4.78 is 0. The van der Waals surface area contributed by atoms with Crippen molar-refractivity contribution in [2.75, 3.05) is 0 Å². The van der Waals surface area contributed by atoms with Gasteiger partial charge in [0.1, 0.15) is 0 Å². The number of fused-ring (bicyclic) bond motifs is 6. The summed E-state index contributed by atoms with van der Waals surface area (Å²) in [7, 11) is 0. The molecule has 2 aliphatic heterocycles. The summed E-state index contributed by atoms with van der Waals surface area (Å²) >= 11 is 0. The SMILES string of the molecule is C1CCC(C2CCCC(N3C4CCCCC4C4CC(C5CCC6C(C5)C5CCCCC5N6C5CCCC(C6CCCCC6)C5)CCC43)C2)CC1. The molecular formula is C48H80N2. The van der Waals surface area contributed by atoms with Gasteiger partial charge in [0.2, 0.25) is 0 Å². The van der Waals surface area contributed by atoms with Gasteiger partial charge in [0.25, 0.3) is 0 Å². The van der Waals surface area contributed by atoms with E-state index in [1.165, 1.54) is 51.4 Å². The summed E-state index contributed by atoms with van der Waals surface area (Å²) in [6.07, 6.45) is 50.1. The van der Waals surface area contributed by atoms with Gasteiger partial charge in [-0.25, -0.2) is 0 Å².